The minimum atomic E-state index is -0.0185. The molecule has 0 radical (unpaired) electrons. The van der Waals surface area contributed by atoms with E-state index in [1.165, 1.54) is 75.3 Å². The second kappa shape index (κ2) is 13.2. The molecule has 4 aromatic rings. The summed E-state index contributed by atoms with van der Waals surface area (Å²) in [6, 6.07) is 32.7. The summed E-state index contributed by atoms with van der Waals surface area (Å²) in [7, 11) is 0. The molecule has 4 aromatic carbocycles. The summed E-state index contributed by atoms with van der Waals surface area (Å²) < 4.78 is 12.3. The van der Waals surface area contributed by atoms with Crippen LogP contribution in [0.1, 0.15) is 82.3 Å². The van der Waals surface area contributed by atoms with Gasteiger partial charge < -0.3 is 20.9 Å². The maximum Gasteiger partial charge on any atom is 0.127 e. The molecule has 0 bridgehead atoms. The molecule has 0 amide bonds. The summed E-state index contributed by atoms with van der Waals surface area (Å²) in [6.07, 6.45) is 13.4. The van der Waals surface area contributed by atoms with Crippen LogP contribution in [-0.2, 0) is 5.41 Å². The van der Waals surface area contributed by atoms with E-state index in [0.717, 1.165) is 52.1 Å². The fraction of sp³-hybridized carbons (Fsp3) is 0.385. The van der Waals surface area contributed by atoms with E-state index >= 15 is 0 Å². The molecular weight excluding hydrogens is 528 g/mol. The fourth-order valence-electron chi connectivity index (χ4n) is 7.73. The van der Waals surface area contributed by atoms with Gasteiger partial charge in [0.2, 0.25) is 0 Å². The Balaban J connectivity index is 1.21. The van der Waals surface area contributed by atoms with Gasteiger partial charge in [0.1, 0.15) is 23.0 Å². The number of benzene rings is 4. The molecule has 0 atom stereocenters. The standard InChI is InChI=1S/C39H46N2O2/c1-2-3-28-4-6-29(7-5-28)30-24-26-39(27-25-30,31-8-16-35(17-9-31)42-37-20-12-33(40)13-21-37)32-10-18-36(19-11-32)43-38-22-14-34(41)15-23-38/h8-23,28-30H,2-7,24-27,40-41H2,1H3/t28-,29+. The summed E-state index contributed by atoms with van der Waals surface area (Å²) in [6.45, 7) is 2.33. The first-order valence-corrected chi connectivity index (χ1v) is 16.3. The SMILES string of the molecule is CCC[C@H]1CC[C@@H](C2CCC(c3ccc(Oc4ccc(N)cc4)cc3)(c3ccc(Oc4ccc(N)cc4)cc3)CC2)CC1. The van der Waals surface area contributed by atoms with Crippen LogP contribution in [0.4, 0.5) is 11.4 Å². The number of rotatable bonds is 9. The van der Waals surface area contributed by atoms with Gasteiger partial charge in [-0.2, -0.15) is 0 Å². The third-order valence-corrected chi connectivity index (χ3v) is 10.2. The highest BCUT2D eigenvalue weighted by atomic mass is 16.5. The van der Waals surface area contributed by atoms with Crippen LogP contribution in [0, 0.1) is 17.8 Å². The lowest BCUT2D eigenvalue weighted by atomic mass is 9.60. The van der Waals surface area contributed by atoms with Crippen LogP contribution in [0.25, 0.3) is 0 Å². The van der Waals surface area contributed by atoms with Crippen molar-refractivity contribution in [2.24, 2.45) is 17.8 Å². The van der Waals surface area contributed by atoms with Crippen LogP contribution in [0.15, 0.2) is 97.1 Å². The van der Waals surface area contributed by atoms with Gasteiger partial charge in [0, 0.05) is 16.8 Å². The molecule has 0 heterocycles. The predicted molar refractivity (Wildman–Crippen MR) is 178 cm³/mol. The molecule has 0 unspecified atom stereocenters. The second-order valence-electron chi connectivity index (χ2n) is 12.9. The minimum Gasteiger partial charge on any atom is -0.457 e. The Bertz CT molecular complexity index is 1340. The molecule has 4 N–H and O–H groups in total. The van der Waals surface area contributed by atoms with Crippen molar-refractivity contribution in [3.63, 3.8) is 0 Å². The summed E-state index contributed by atoms with van der Waals surface area (Å²) in [4.78, 5) is 0. The van der Waals surface area contributed by atoms with Gasteiger partial charge in [-0.05, 0) is 140 Å². The molecular formula is C39H46N2O2. The average Bonchev–Trinajstić information content (AvgIpc) is 3.05. The first-order valence-electron chi connectivity index (χ1n) is 16.3. The lowest BCUT2D eigenvalue weighted by Crippen LogP contribution is -2.35. The van der Waals surface area contributed by atoms with Crippen molar-refractivity contribution >= 4 is 11.4 Å². The van der Waals surface area contributed by atoms with Crippen LogP contribution >= 0.6 is 0 Å². The van der Waals surface area contributed by atoms with Crippen LogP contribution < -0.4 is 20.9 Å². The highest BCUT2D eigenvalue weighted by Crippen LogP contribution is 2.51. The third-order valence-electron chi connectivity index (χ3n) is 10.2. The second-order valence-corrected chi connectivity index (χ2v) is 12.9. The van der Waals surface area contributed by atoms with E-state index < -0.39 is 0 Å². The fourth-order valence-corrected chi connectivity index (χ4v) is 7.73. The van der Waals surface area contributed by atoms with Gasteiger partial charge >= 0.3 is 0 Å². The molecule has 2 fully saturated rings. The van der Waals surface area contributed by atoms with Crippen LogP contribution in [0.5, 0.6) is 23.0 Å². The lowest BCUT2D eigenvalue weighted by Gasteiger charge is -2.44. The van der Waals surface area contributed by atoms with Gasteiger partial charge in [-0.15, -0.1) is 0 Å². The number of ether oxygens (including phenoxy) is 2. The maximum absolute atomic E-state index is 6.14. The molecule has 2 aliphatic rings. The largest absolute Gasteiger partial charge is 0.457 e. The Morgan fingerprint density at radius 1 is 0.535 bits per heavy atom. The van der Waals surface area contributed by atoms with Gasteiger partial charge in [0.25, 0.3) is 0 Å². The smallest absolute Gasteiger partial charge is 0.127 e. The van der Waals surface area contributed by atoms with E-state index in [1.807, 2.05) is 48.5 Å². The Kier molecular flexibility index (Phi) is 8.92. The number of anilines is 2. The van der Waals surface area contributed by atoms with Gasteiger partial charge in [-0.25, -0.2) is 0 Å². The van der Waals surface area contributed by atoms with Crippen LogP contribution in [-0.4, -0.2) is 0 Å². The normalized spacial score (nSPS) is 20.4. The molecule has 224 valence electrons. The zero-order valence-corrected chi connectivity index (χ0v) is 25.5. The number of hydrogen-bond donors (Lipinski definition) is 2. The van der Waals surface area contributed by atoms with Crippen LogP contribution in [0.3, 0.4) is 0 Å². The van der Waals surface area contributed by atoms with E-state index in [1.54, 1.807) is 0 Å². The van der Waals surface area contributed by atoms with E-state index in [-0.39, 0.29) is 5.41 Å². The highest BCUT2D eigenvalue weighted by molar-refractivity contribution is 5.47. The summed E-state index contributed by atoms with van der Waals surface area (Å²) >= 11 is 0. The number of nitrogens with two attached hydrogens (primary N) is 2. The van der Waals surface area contributed by atoms with Crippen molar-refractivity contribution in [1.82, 2.24) is 0 Å². The zero-order chi connectivity index (χ0) is 29.6. The Labute approximate surface area is 257 Å². The Morgan fingerprint density at radius 3 is 1.30 bits per heavy atom. The van der Waals surface area contributed by atoms with E-state index in [4.69, 9.17) is 20.9 Å². The van der Waals surface area contributed by atoms with Gasteiger partial charge in [0.05, 0.1) is 0 Å². The maximum atomic E-state index is 6.14. The quantitative estimate of drug-likeness (QED) is 0.195. The molecule has 0 aliphatic heterocycles. The van der Waals surface area contributed by atoms with Crippen LogP contribution in [0.2, 0.25) is 0 Å². The monoisotopic (exact) mass is 574 g/mol. The zero-order valence-electron chi connectivity index (χ0n) is 25.5. The van der Waals surface area contributed by atoms with Gasteiger partial charge in [-0.1, -0.05) is 56.9 Å². The van der Waals surface area contributed by atoms with Crippen molar-refractivity contribution in [2.75, 3.05) is 11.5 Å². The van der Waals surface area contributed by atoms with E-state index in [2.05, 4.69) is 55.5 Å². The molecule has 6 rings (SSSR count). The number of nitrogen functional groups attached to an aromatic ring is 2. The summed E-state index contributed by atoms with van der Waals surface area (Å²) in [5.41, 5.74) is 15.9. The van der Waals surface area contributed by atoms with Crippen molar-refractivity contribution in [2.45, 2.75) is 76.5 Å². The Morgan fingerprint density at radius 2 is 0.907 bits per heavy atom. The molecule has 0 spiro atoms. The van der Waals surface area contributed by atoms with Gasteiger partial charge in [0.15, 0.2) is 0 Å². The highest BCUT2D eigenvalue weighted by Gasteiger charge is 2.41. The first-order chi connectivity index (χ1) is 21.0. The molecule has 0 saturated heterocycles. The van der Waals surface area contributed by atoms with E-state index in [9.17, 15) is 0 Å². The van der Waals surface area contributed by atoms with Crippen molar-refractivity contribution < 1.29 is 9.47 Å². The van der Waals surface area contributed by atoms with Crippen molar-refractivity contribution in [3.8, 4) is 23.0 Å². The molecule has 4 heteroatoms. The lowest BCUT2D eigenvalue weighted by molar-refractivity contribution is 0.141. The summed E-state index contributed by atoms with van der Waals surface area (Å²) in [5.74, 6) is 5.98. The molecule has 4 nitrogen and oxygen atoms in total. The average molecular weight is 575 g/mol. The third kappa shape index (κ3) is 6.85. The van der Waals surface area contributed by atoms with Gasteiger partial charge in [-0.3, -0.25) is 0 Å². The van der Waals surface area contributed by atoms with Crippen molar-refractivity contribution in [1.29, 1.82) is 0 Å². The predicted octanol–water partition coefficient (Wildman–Crippen LogP) is 10.5. The molecule has 43 heavy (non-hydrogen) atoms. The first kappa shape index (κ1) is 29.2. The number of hydrogen-bond acceptors (Lipinski definition) is 4. The van der Waals surface area contributed by atoms with E-state index in [0.29, 0.717) is 0 Å². The molecule has 2 aliphatic carbocycles. The summed E-state index contributed by atoms with van der Waals surface area (Å²) in [5, 5.41) is 0. The topological polar surface area (TPSA) is 70.5 Å². The molecule has 2 saturated carbocycles. The Hall–Kier alpha value is -3.92. The minimum absolute atomic E-state index is 0.0185. The van der Waals surface area contributed by atoms with Crippen molar-refractivity contribution in [3.05, 3.63) is 108 Å². The molecule has 0 aromatic heterocycles.